The lowest BCUT2D eigenvalue weighted by molar-refractivity contribution is -0.216. The molecule has 0 amide bonds. The Balaban J connectivity index is 1.28. The van der Waals surface area contributed by atoms with Gasteiger partial charge in [0.25, 0.3) is 10.0 Å². The topological polar surface area (TPSA) is 95.6 Å². The summed E-state index contributed by atoms with van der Waals surface area (Å²) >= 11 is 2.64. The number of thiazole rings is 1. The number of hydrogen-bond donors (Lipinski definition) is 1. The van der Waals surface area contributed by atoms with Gasteiger partial charge in [0.1, 0.15) is 14.8 Å². The van der Waals surface area contributed by atoms with Crippen LogP contribution in [0.2, 0.25) is 0 Å². The van der Waals surface area contributed by atoms with Crippen molar-refractivity contribution in [2.45, 2.75) is 42.3 Å². The van der Waals surface area contributed by atoms with Crippen molar-refractivity contribution in [1.82, 2.24) is 14.9 Å². The molecule has 14 heteroatoms. The standard InChI is InChI=1S/C25H25F3N4O4S3/c1-24(36-23(33)25(26,27)28)8-10-32(11-9-24)15-17-14-29-22(38-17)18-13-16-5-3-6-19(21(16)30-18)31(2)39(34,35)20-7-4-12-37-20/h3-7,12-14,30H,8-11,15H2,1-2H3. The van der Waals surface area contributed by atoms with Crippen LogP contribution in [0.1, 0.15) is 24.6 Å². The maximum absolute atomic E-state index is 13.1. The molecule has 1 saturated heterocycles. The number of nitrogens with one attached hydrogen (secondary N) is 1. The van der Waals surface area contributed by atoms with E-state index in [0.29, 0.717) is 43.7 Å². The predicted molar refractivity (Wildman–Crippen MR) is 144 cm³/mol. The molecule has 0 atom stereocenters. The molecule has 5 rings (SSSR count). The lowest BCUT2D eigenvalue weighted by Gasteiger charge is -2.38. The number of nitrogens with zero attached hydrogens (tertiary/aromatic N) is 3. The molecule has 1 aliphatic heterocycles. The lowest BCUT2D eigenvalue weighted by atomic mass is 9.93. The number of esters is 1. The Labute approximate surface area is 231 Å². The number of carbonyl (C=O) groups excluding carboxylic acids is 1. The fourth-order valence-corrected chi connectivity index (χ4v) is 7.78. The van der Waals surface area contributed by atoms with Crippen LogP contribution in [0.3, 0.4) is 0 Å². The number of hydrogen-bond acceptors (Lipinski definition) is 8. The number of ether oxygens (including phenoxy) is 1. The van der Waals surface area contributed by atoms with E-state index in [9.17, 15) is 26.4 Å². The Morgan fingerprint density at radius 1 is 1.23 bits per heavy atom. The van der Waals surface area contributed by atoms with Gasteiger partial charge in [-0.1, -0.05) is 18.2 Å². The summed E-state index contributed by atoms with van der Waals surface area (Å²) in [7, 11) is -2.17. The van der Waals surface area contributed by atoms with E-state index in [1.807, 2.05) is 12.1 Å². The maximum Gasteiger partial charge on any atom is 0.490 e. The average Bonchev–Trinajstić information content (AvgIpc) is 3.64. The minimum absolute atomic E-state index is 0.259. The molecule has 1 aliphatic rings. The fourth-order valence-electron chi connectivity index (χ4n) is 4.49. The number of carbonyl (C=O) groups is 1. The first-order valence-electron chi connectivity index (χ1n) is 12.0. The highest BCUT2D eigenvalue weighted by Crippen LogP contribution is 2.36. The number of aromatic amines is 1. The molecular weight excluding hydrogens is 573 g/mol. The molecule has 1 aromatic carbocycles. The zero-order valence-electron chi connectivity index (χ0n) is 21.0. The summed E-state index contributed by atoms with van der Waals surface area (Å²) in [5.74, 6) is -2.15. The number of alkyl halides is 3. The SMILES string of the molecule is CN(c1cccc2cc(-c3ncc(CN4CCC(C)(OC(=O)C(F)(F)F)CC4)s3)[nH]c12)S(=O)(=O)c1cccs1. The van der Waals surface area contributed by atoms with Crippen molar-refractivity contribution in [3.05, 3.63) is 52.9 Å². The van der Waals surface area contributed by atoms with Crippen LogP contribution < -0.4 is 4.31 Å². The Morgan fingerprint density at radius 2 is 1.97 bits per heavy atom. The van der Waals surface area contributed by atoms with Gasteiger partial charge in [0.05, 0.1) is 16.9 Å². The van der Waals surface area contributed by atoms with Gasteiger partial charge in [-0.3, -0.25) is 9.21 Å². The number of sulfonamides is 1. The zero-order chi connectivity index (χ0) is 28.0. The maximum atomic E-state index is 13.1. The number of rotatable bonds is 7. The number of aromatic nitrogens is 2. The highest BCUT2D eigenvalue weighted by Gasteiger charge is 2.45. The molecule has 1 fully saturated rings. The van der Waals surface area contributed by atoms with Crippen molar-refractivity contribution in [3.8, 4) is 10.7 Å². The summed E-state index contributed by atoms with van der Waals surface area (Å²) in [6.45, 7) is 3.06. The number of piperidine rings is 1. The van der Waals surface area contributed by atoms with Crippen molar-refractivity contribution in [2.75, 3.05) is 24.4 Å². The fraction of sp³-hybridized carbons (Fsp3) is 0.360. The first kappa shape index (κ1) is 27.6. The van der Waals surface area contributed by atoms with Gasteiger partial charge >= 0.3 is 12.1 Å². The minimum Gasteiger partial charge on any atom is -0.453 e. The van der Waals surface area contributed by atoms with Crippen LogP contribution in [0.15, 0.2) is 52.2 Å². The van der Waals surface area contributed by atoms with Crippen LogP contribution in [0.4, 0.5) is 18.9 Å². The largest absolute Gasteiger partial charge is 0.490 e. The van der Waals surface area contributed by atoms with Crippen molar-refractivity contribution >= 4 is 55.3 Å². The van der Waals surface area contributed by atoms with E-state index < -0.39 is 27.8 Å². The molecule has 4 aromatic rings. The highest BCUT2D eigenvalue weighted by molar-refractivity contribution is 7.94. The summed E-state index contributed by atoms with van der Waals surface area (Å²) in [5, 5.41) is 3.30. The van der Waals surface area contributed by atoms with Gasteiger partial charge in [0, 0.05) is 43.1 Å². The van der Waals surface area contributed by atoms with Crippen LogP contribution in [0, 0.1) is 0 Å². The first-order chi connectivity index (χ1) is 18.4. The van der Waals surface area contributed by atoms with Gasteiger partial charge in [-0.05, 0) is 43.3 Å². The Morgan fingerprint density at radius 3 is 2.64 bits per heavy atom. The normalized spacial score (nSPS) is 16.4. The van der Waals surface area contributed by atoms with Gasteiger partial charge in [0.2, 0.25) is 0 Å². The highest BCUT2D eigenvalue weighted by atomic mass is 32.2. The van der Waals surface area contributed by atoms with E-state index in [4.69, 9.17) is 4.74 Å². The third-order valence-electron chi connectivity index (χ3n) is 6.73. The monoisotopic (exact) mass is 598 g/mol. The summed E-state index contributed by atoms with van der Waals surface area (Å²) in [6, 6.07) is 10.6. The van der Waals surface area contributed by atoms with Crippen LogP contribution in [-0.2, 0) is 26.1 Å². The molecule has 0 saturated carbocycles. The van der Waals surface area contributed by atoms with E-state index in [1.165, 1.54) is 29.6 Å². The smallest absolute Gasteiger partial charge is 0.453 e. The lowest BCUT2D eigenvalue weighted by Crippen LogP contribution is -2.46. The molecule has 0 unspecified atom stereocenters. The molecule has 8 nitrogen and oxygen atoms in total. The molecule has 4 heterocycles. The number of para-hydroxylation sites is 1. The quantitative estimate of drug-likeness (QED) is 0.277. The second kappa shape index (κ2) is 10.2. The number of H-pyrrole nitrogens is 1. The van der Waals surface area contributed by atoms with Gasteiger partial charge in [-0.15, -0.1) is 22.7 Å². The molecule has 0 aliphatic carbocycles. The minimum atomic E-state index is -5.00. The Bertz CT molecular complexity index is 1590. The van der Waals surface area contributed by atoms with Crippen LogP contribution in [-0.4, -0.2) is 61.2 Å². The molecular formula is C25H25F3N4O4S3. The summed E-state index contributed by atoms with van der Waals surface area (Å²) < 4.78 is 70.2. The molecule has 0 bridgehead atoms. The predicted octanol–water partition coefficient (Wildman–Crippen LogP) is 5.64. The van der Waals surface area contributed by atoms with Crippen LogP contribution >= 0.6 is 22.7 Å². The van der Waals surface area contributed by atoms with E-state index >= 15 is 0 Å². The van der Waals surface area contributed by atoms with Gasteiger partial charge in [-0.25, -0.2) is 18.2 Å². The van der Waals surface area contributed by atoms with Crippen molar-refractivity contribution < 1.29 is 31.1 Å². The number of fused-ring (bicyclic) bond motifs is 1. The number of likely N-dealkylation sites (tertiary alicyclic amines) is 1. The van der Waals surface area contributed by atoms with E-state index in [2.05, 4.69) is 14.9 Å². The third kappa shape index (κ3) is 5.69. The molecule has 208 valence electrons. The average molecular weight is 599 g/mol. The summed E-state index contributed by atoms with van der Waals surface area (Å²) in [4.78, 5) is 22.2. The number of halogens is 3. The second-order valence-corrected chi connectivity index (χ2v) is 13.8. The van der Waals surface area contributed by atoms with Gasteiger partial charge in [-0.2, -0.15) is 13.2 Å². The van der Waals surface area contributed by atoms with Gasteiger partial charge < -0.3 is 9.72 Å². The summed E-state index contributed by atoms with van der Waals surface area (Å²) in [6.07, 6.45) is -2.64. The van der Waals surface area contributed by atoms with Crippen LogP contribution in [0.5, 0.6) is 0 Å². The third-order valence-corrected chi connectivity index (χ3v) is 10.9. The summed E-state index contributed by atoms with van der Waals surface area (Å²) in [5.41, 5.74) is 0.803. The van der Waals surface area contributed by atoms with E-state index in [0.717, 1.165) is 32.3 Å². The van der Waals surface area contributed by atoms with Crippen molar-refractivity contribution in [1.29, 1.82) is 0 Å². The first-order valence-corrected chi connectivity index (χ1v) is 15.1. The van der Waals surface area contributed by atoms with Crippen molar-refractivity contribution in [2.24, 2.45) is 0 Å². The molecule has 0 spiro atoms. The van der Waals surface area contributed by atoms with Crippen molar-refractivity contribution in [3.63, 3.8) is 0 Å². The molecule has 39 heavy (non-hydrogen) atoms. The number of benzene rings is 1. The van der Waals surface area contributed by atoms with Gasteiger partial charge in [0.15, 0.2) is 0 Å². The Hall–Kier alpha value is -2.94. The molecule has 0 radical (unpaired) electrons. The van der Waals surface area contributed by atoms with E-state index in [1.54, 1.807) is 35.8 Å². The molecule has 1 N–H and O–H groups in total. The Kier molecular flexibility index (Phi) is 7.24. The second-order valence-electron chi connectivity index (χ2n) is 9.57. The zero-order valence-corrected chi connectivity index (χ0v) is 23.4. The van der Waals surface area contributed by atoms with Crippen LogP contribution in [0.25, 0.3) is 21.6 Å². The number of thiophene rings is 1. The molecule has 3 aromatic heterocycles. The van der Waals surface area contributed by atoms with E-state index in [-0.39, 0.29) is 4.21 Å². The number of anilines is 1.